The summed E-state index contributed by atoms with van der Waals surface area (Å²) in [5.41, 5.74) is 23.4. The van der Waals surface area contributed by atoms with Gasteiger partial charge in [-0.2, -0.15) is 47.4 Å². The third-order valence-corrected chi connectivity index (χ3v) is 24.2. The number of nitriles is 4. The van der Waals surface area contributed by atoms with Crippen molar-refractivity contribution in [3.8, 4) is 114 Å². The fraction of sp³-hybridized carbons (Fsp3) is 0.0909. The van der Waals surface area contributed by atoms with E-state index in [1.165, 1.54) is 12.1 Å². The van der Waals surface area contributed by atoms with Crippen LogP contribution in [0.2, 0.25) is 0 Å². The van der Waals surface area contributed by atoms with Crippen molar-refractivity contribution in [2.75, 3.05) is 0 Å². The molecule has 16 aromatic carbocycles. The van der Waals surface area contributed by atoms with Crippen molar-refractivity contribution >= 4 is 87.2 Å². The summed E-state index contributed by atoms with van der Waals surface area (Å²) in [6, 6.07) is 103. The lowest BCUT2D eigenvalue weighted by molar-refractivity contribution is -0.138. The van der Waals surface area contributed by atoms with Gasteiger partial charge in [0.25, 0.3) is 0 Å². The molecule has 20 rings (SSSR count). The smallest absolute Gasteiger partial charge is 0.308 e. The van der Waals surface area contributed by atoms with Gasteiger partial charge in [-0.05, 0) is 249 Å². The Labute approximate surface area is 710 Å². The lowest BCUT2D eigenvalue weighted by atomic mass is 9.94. The van der Waals surface area contributed by atoms with E-state index < -0.39 is 23.5 Å². The molecule has 14 heteroatoms. The van der Waals surface area contributed by atoms with Crippen LogP contribution in [0.1, 0.15) is 83.5 Å². The van der Waals surface area contributed by atoms with Gasteiger partial charge in [0, 0.05) is 54.2 Å². The number of aryl methyl sites for hydroxylation is 7. The van der Waals surface area contributed by atoms with Crippen molar-refractivity contribution in [2.45, 2.75) is 67.2 Å². The molecule has 20 aromatic rings. The van der Waals surface area contributed by atoms with E-state index in [4.69, 9.17) is 0 Å². The van der Waals surface area contributed by atoms with Gasteiger partial charge in [-0.1, -0.05) is 209 Å². The molecule has 4 heterocycles. The highest BCUT2D eigenvalue weighted by atomic mass is 19.4. The summed E-state index contributed by atoms with van der Waals surface area (Å²) in [6.45, 7) is 14.4. The minimum Gasteiger partial charge on any atom is -0.308 e. The van der Waals surface area contributed by atoms with Gasteiger partial charge in [-0.25, -0.2) is 0 Å². The van der Waals surface area contributed by atoms with Gasteiger partial charge in [0.2, 0.25) is 0 Å². The highest BCUT2D eigenvalue weighted by Crippen LogP contribution is 2.50. The van der Waals surface area contributed by atoms with Gasteiger partial charge in [0.05, 0.1) is 125 Å². The van der Waals surface area contributed by atoms with Crippen molar-refractivity contribution in [1.82, 2.24) is 18.3 Å². The number of para-hydroxylation sites is 3. The normalized spacial score (nSPS) is 11.9. The number of hydrogen-bond acceptors (Lipinski definition) is 4. The van der Waals surface area contributed by atoms with Crippen molar-refractivity contribution in [3.05, 3.63) is 381 Å². The van der Waals surface area contributed by atoms with Crippen molar-refractivity contribution in [2.24, 2.45) is 0 Å². The molecule has 0 unspecified atom stereocenters. The second-order valence-electron chi connectivity index (χ2n) is 33.0. The summed E-state index contributed by atoms with van der Waals surface area (Å²) < 4.78 is 101. The lowest BCUT2D eigenvalue weighted by Crippen LogP contribution is -2.08. The Balaban J connectivity index is 0.780. The van der Waals surface area contributed by atoms with E-state index in [9.17, 15) is 21.0 Å². The topological polar surface area (TPSA) is 115 Å². The molecule has 124 heavy (non-hydrogen) atoms. The fourth-order valence-corrected chi connectivity index (χ4v) is 19.3. The van der Waals surface area contributed by atoms with Gasteiger partial charge in [-0.15, -0.1) is 0 Å². The van der Waals surface area contributed by atoms with E-state index in [0.29, 0.717) is 56.8 Å². The Morgan fingerprint density at radius 3 is 0.895 bits per heavy atom. The number of alkyl halides is 6. The summed E-state index contributed by atoms with van der Waals surface area (Å²) in [7, 11) is 0. The first-order chi connectivity index (χ1) is 59.8. The molecule has 0 aliphatic heterocycles. The molecule has 4 aromatic heterocycles. The second-order valence-corrected chi connectivity index (χ2v) is 33.0. The molecule has 0 N–H and O–H groups in total. The number of fused-ring (bicyclic) bond motifs is 12. The van der Waals surface area contributed by atoms with E-state index in [1.54, 1.807) is 24.3 Å². The number of nitrogens with zero attached hydrogens (tertiary/aromatic N) is 8. The monoisotopic (exact) mass is 1620 g/mol. The Kier molecular flexibility index (Phi) is 18.2. The van der Waals surface area contributed by atoms with Crippen LogP contribution in [0.15, 0.2) is 297 Å². The zero-order valence-electron chi connectivity index (χ0n) is 68.3. The van der Waals surface area contributed by atoms with E-state index in [1.807, 2.05) is 124 Å². The zero-order valence-corrected chi connectivity index (χ0v) is 68.3. The first-order valence-corrected chi connectivity index (χ1v) is 40.8. The molecule has 0 fully saturated rings. The highest BCUT2D eigenvalue weighted by molar-refractivity contribution is 6.16. The Morgan fingerprint density at radius 1 is 0.226 bits per heavy atom. The second kappa shape index (κ2) is 29.3. The molecule has 0 bridgehead atoms. The minimum absolute atomic E-state index is 0.114. The number of hydrogen-bond donors (Lipinski definition) is 0. The lowest BCUT2D eigenvalue weighted by Gasteiger charge is -2.22. The average Bonchev–Trinajstić information content (AvgIpc) is 1.58. The Morgan fingerprint density at radius 2 is 0.516 bits per heavy atom. The molecule has 0 spiro atoms. The van der Waals surface area contributed by atoms with Crippen LogP contribution in [0, 0.1) is 93.8 Å². The van der Waals surface area contributed by atoms with Crippen LogP contribution in [0.4, 0.5) is 26.3 Å². The van der Waals surface area contributed by atoms with Crippen LogP contribution in [-0.2, 0) is 18.8 Å². The first-order valence-electron chi connectivity index (χ1n) is 40.8. The Hall–Kier alpha value is -15.7. The Bertz CT molecular complexity index is 8150. The highest BCUT2D eigenvalue weighted by Gasteiger charge is 2.36. The average molecular weight is 1620 g/mol. The van der Waals surface area contributed by atoms with E-state index in [-0.39, 0.29) is 33.4 Å². The van der Waals surface area contributed by atoms with Gasteiger partial charge in [-0.3, -0.25) is 0 Å². The maximum Gasteiger partial charge on any atom is 0.416 e. The SMILES string of the molecule is Cc1cc(C)cc(-c2ccc3c(c2)c2ccccc2n3-c2cc(C#N)cc(-n3c4ccc(Cc5cc(C)cc(-c6ccc7c8ccccc8n(-c8cc(C#N)cc(-n9c%10ccccc%10c%10ccc(-c%11cc(C)cc(C)c%11)cc%109)c8-c8cc(C#N)cc(C(F)(F)F)c8)c7c6)c5)cc4c4cc(-c5cc(C)cc(C)c5)ccc43)c2-c2cc(C#N)cc(C(F)(F)F)c2)c1. The number of aromatic nitrogens is 4. The molecule has 0 saturated carbocycles. The molecular weight excluding hydrogens is 1550 g/mol. The quantitative estimate of drug-likeness (QED) is 0.113. The third-order valence-electron chi connectivity index (χ3n) is 24.2. The molecule has 0 amide bonds. The molecule has 0 aliphatic carbocycles. The minimum atomic E-state index is -4.86. The summed E-state index contributed by atoms with van der Waals surface area (Å²) in [4.78, 5) is 0. The van der Waals surface area contributed by atoms with Gasteiger partial charge < -0.3 is 18.3 Å². The summed E-state index contributed by atoms with van der Waals surface area (Å²) >= 11 is 0. The van der Waals surface area contributed by atoms with Gasteiger partial charge in [0.1, 0.15) is 0 Å². The van der Waals surface area contributed by atoms with Crippen LogP contribution >= 0.6 is 0 Å². The predicted octanol–water partition coefficient (Wildman–Crippen LogP) is 29.4. The van der Waals surface area contributed by atoms with Crippen LogP contribution in [0.3, 0.4) is 0 Å². The fourth-order valence-electron chi connectivity index (χ4n) is 19.3. The van der Waals surface area contributed by atoms with E-state index >= 15 is 26.3 Å². The zero-order chi connectivity index (χ0) is 85.6. The number of rotatable bonds is 12. The van der Waals surface area contributed by atoms with Crippen molar-refractivity contribution in [1.29, 1.82) is 21.0 Å². The maximum atomic E-state index is 15.6. The molecule has 0 radical (unpaired) electrons. The predicted molar refractivity (Wildman–Crippen MR) is 488 cm³/mol. The van der Waals surface area contributed by atoms with Crippen LogP contribution in [0.25, 0.3) is 177 Å². The summed E-state index contributed by atoms with van der Waals surface area (Å²) in [6.07, 6.45) is -9.28. The molecule has 0 aliphatic rings. The number of halogens is 6. The maximum absolute atomic E-state index is 15.6. The van der Waals surface area contributed by atoms with Crippen molar-refractivity contribution < 1.29 is 26.3 Å². The molecule has 8 nitrogen and oxygen atoms in total. The van der Waals surface area contributed by atoms with Crippen LogP contribution < -0.4 is 0 Å². The third kappa shape index (κ3) is 13.2. The van der Waals surface area contributed by atoms with E-state index in [0.717, 1.165) is 190 Å². The molecule has 0 saturated heterocycles. The standard InChI is InChI=1S/C110H72F6N8/c1-62-30-63(2)35-79(34-62)75-23-28-99-93(54-75)89-16-10-13-19-97(89)121(99)103-48-73(60-119)49-104(107(103)83-43-71(58-117)45-85(52-83)109(111,112)113)122-98-27-20-69(47-92(98)94-55-76(24-29-100(94)122)80-36-64(3)31-65(4)37-80)41-70-33-68(7)40-82(42-70)78-22-26-91-88-15-9-12-18-96(88)124(102(91)57-78)106-51-74(61-120)50-105(108(106)84-44-72(59-118)46-86(53-84)110(114,115)116)123-95-17-11-8-14-87(95)90-25-21-77(56-101(90)123)81-38-66(5)32-67(6)39-81/h8-40,42-57H,41H2,1-7H3. The molecule has 594 valence electrons. The molecular formula is C110H72F6N8. The first kappa shape index (κ1) is 76.9. The van der Waals surface area contributed by atoms with Crippen LogP contribution in [0.5, 0.6) is 0 Å². The molecule has 0 atom stereocenters. The van der Waals surface area contributed by atoms with Crippen LogP contribution in [-0.4, -0.2) is 18.3 Å². The van der Waals surface area contributed by atoms with E-state index in [2.05, 4.69) is 204 Å². The number of benzene rings is 16. The summed E-state index contributed by atoms with van der Waals surface area (Å²) in [5.74, 6) is 0. The van der Waals surface area contributed by atoms with Gasteiger partial charge in [0.15, 0.2) is 0 Å². The van der Waals surface area contributed by atoms with Crippen molar-refractivity contribution in [3.63, 3.8) is 0 Å². The largest absolute Gasteiger partial charge is 0.416 e. The summed E-state index contributed by atoms with van der Waals surface area (Å²) in [5, 5.41) is 51.0. The van der Waals surface area contributed by atoms with Gasteiger partial charge >= 0.3 is 12.4 Å².